The molecule has 2 N–H and O–H groups in total. The number of aromatic nitrogens is 1. The summed E-state index contributed by atoms with van der Waals surface area (Å²) in [7, 11) is 0. The van der Waals surface area contributed by atoms with E-state index in [4.69, 9.17) is 5.73 Å². The number of halogens is 1. The van der Waals surface area contributed by atoms with Crippen LogP contribution in [0.3, 0.4) is 0 Å². The van der Waals surface area contributed by atoms with Crippen LogP contribution in [0.5, 0.6) is 0 Å². The molecule has 0 unspecified atom stereocenters. The van der Waals surface area contributed by atoms with Gasteiger partial charge in [0.25, 0.3) is 0 Å². The van der Waals surface area contributed by atoms with Gasteiger partial charge in [-0.15, -0.1) is 0 Å². The lowest BCUT2D eigenvalue weighted by molar-refractivity contribution is -0.121. The Balaban J connectivity index is 2.45. The van der Waals surface area contributed by atoms with E-state index < -0.39 is 0 Å². The van der Waals surface area contributed by atoms with Gasteiger partial charge in [0.05, 0.1) is 24.3 Å². The maximum Gasteiger partial charge on any atom is 0.235 e. The molecule has 1 aromatic heterocycles. The summed E-state index contributed by atoms with van der Waals surface area (Å²) in [6, 6.07) is 1.72. The van der Waals surface area contributed by atoms with Crippen molar-refractivity contribution in [2.45, 2.75) is 13.3 Å². The summed E-state index contributed by atoms with van der Waals surface area (Å²) in [5.41, 5.74) is 6.98. The minimum atomic E-state index is -0.228. The molecule has 0 radical (unpaired) electrons. The van der Waals surface area contributed by atoms with Gasteiger partial charge >= 0.3 is 0 Å². The van der Waals surface area contributed by atoms with Gasteiger partial charge in [-0.3, -0.25) is 9.59 Å². The molecule has 0 spiro atoms. The van der Waals surface area contributed by atoms with Gasteiger partial charge < -0.3 is 10.6 Å². The number of amides is 1. The van der Waals surface area contributed by atoms with Crippen LogP contribution in [0.2, 0.25) is 0 Å². The molecule has 2 heterocycles. The Kier molecular flexibility index (Phi) is 2.67. The molecule has 16 heavy (non-hydrogen) atoms. The molecule has 0 atom stereocenters. The van der Waals surface area contributed by atoms with E-state index in [-0.39, 0.29) is 30.5 Å². The van der Waals surface area contributed by atoms with Crippen molar-refractivity contribution < 1.29 is 9.59 Å². The first-order chi connectivity index (χ1) is 7.49. The van der Waals surface area contributed by atoms with Gasteiger partial charge in [0, 0.05) is 4.47 Å². The number of ketones is 1. The number of nitrogens with zero attached hydrogens (tertiary/aromatic N) is 2. The summed E-state index contributed by atoms with van der Waals surface area (Å²) in [5.74, 6) is -0.0564. The fourth-order valence-electron chi connectivity index (χ4n) is 1.61. The normalized spacial score (nSPS) is 16.0. The summed E-state index contributed by atoms with van der Waals surface area (Å²) in [4.78, 5) is 28.2. The van der Waals surface area contributed by atoms with Crippen molar-refractivity contribution in [3.8, 4) is 0 Å². The zero-order valence-electron chi connectivity index (χ0n) is 8.66. The Hall–Kier alpha value is -1.43. The van der Waals surface area contributed by atoms with E-state index >= 15 is 0 Å². The van der Waals surface area contributed by atoms with Crippen molar-refractivity contribution in [2.75, 3.05) is 17.2 Å². The SMILES string of the molecule is Cc1nc(N)c(N2CC(=O)CC2=O)cc1Br. The number of carbonyl (C=O) groups excluding carboxylic acids is 2. The molecule has 1 amide bonds. The molecule has 0 aliphatic carbocycles. The van der Waals surface area contributed by atoms with Crippen molar-refractivity contribution in [3.05, 3.63) is 16.2 Å². The van der Waals surface area contributed by atoms with Crippen LogP contribution in [0.4, 0.5) is 11.5 Å². The predicted octanol–water partition coefficient (Wildman–Crippen LogP) is 1.04. The number of hydrogen-bond donors (Lipinski definition) is 1. The summed E-state index contributed by atoms with van der Waals surface area (Å²) >= 11 is 3.32. The molecule has 1 aromatic rings. The van der Waals surface area contributed by atoms with Gasteiger partial charge in [-0.2, -0.15) is 0 Å². The molecule has 1 saturated heterocycles. The van der Waals surface area contributed by atoms with E-state index in [2.05, 4.69) is 20.9 Å². The van der Waals surface area contributed by atoms with Crippen LogP contribution in [-0.2, 0) is 9.59 Å². The van der Waals surface area contributed by atoms with Gasteiger partial charge in [0.15, 0.2) is 5.78 Å². The molecule has 0 saturated carbocycles. The number of rotatable bonds is 1. The number of hydrogen-bond acceptors (Lipinski definition) is 4. The second-order valence-electron chi connectivity index (χ2n) is 3.66. The van der Waals surface area contributed by atoms with E-state index in [9.17, 15) is 9.59 Å². The molecule has 1 aliphatic heterocycles. The van der Waals surface area contributed by atoms with Crippen molar-refractivity contribution in [3.63, 3.8) is 0 Å². The Morgan fingerprint density at radius 3 is 2.75 bits per heavy atom. The third-order valence-corrected chi connectivity index (χ3v) is 3.24. The summed E-state index contributed by atoms with van der Waals surface area (Å²) in [6.45, 7) is 1.89. The molecule has 1 fully saturated rings. The van der Waals surface area contributed by atoms with Crippen LogP contribution in [0.15, 0.2) is 10.5 Å². The molecular formula is C10H10BrN3O2. The maximum absolute atomic E-state index is 11.5. The van der Waals surface area contributed by atoms with Gasteiger partial charge in [0.1, 0.15) is 5.82 Å². The number of nitrogens with two attached hydrogens (primary N) is 1. The molecular weight excluding hydrogens is 274 g/mol. The minimum Gasteiger partial charge on any atom is -0.382 e. The van der Waals surface area contributed by atoms with Gasteiger partial charge in [-0.1, -0.05) is 0 Å². The van der Waals surface area contributed by atoms with Crippen LogP contribution >= 0.6 is 15.9 Å². The number of aryl methyl sites for hydroxylation is 1. The zero-order valence-corrected chi connectivity index (χ0v) is 10.2. The van der Waals surface area contributed by atoms with E-state index in [0.29, 0.717) is 5.69 Å². The quantitative estimate of drug-likeness (QED) is 0.782. The van der Waals surface area contributed by atoms with Crippen molar-refractivity contribution in [1.29, 1.82) is 0 Å². The number of carbonyl (C=O) groups is 2. The first kappa shape index (κ1) is 11.1. The van der Waals surface area contributed by atoms with Gasteiger partial charge in [-0.25, -0.2) is 4.98 Å². The van der Waals surface area contributed by atoms with Crippen LogP contribution < -0.4 is 10.6 Å². The third kappa shape index (κ3) is 1.80. The van der Waals surface area contributed by atoms with Crippen LogP contribution in [0, 0.1) is 6.92 Å². The molecule has 1 aliphatic rings. The van der Waals surface area contributed by atoms with Crippen molar-refractivity contribution in [1.82, 2.24) is 4.98 Å². The summed E-state index contributed by atoms with van der Waals surface area (Å²) in [6.07, 6.45) is -0.0507. The van der Waals surface area contributed by atoms with Crippen LogP contribution in [0.1, 0.15) is 12.1 Å². The molecule has 0 bridgehead atoms. The van der Waals surface area contributed by atoms with Crippen LogP contribution in [-0.4, -0.2) is 23.2 Å². The summed E-state index contributed by atoms with van der Waals surface area (Å²) < 4.78 is 0.767. The summed E-state index contributed by atoms with van der Waals surface area (Å²) in [5, 5.41) is 0. The Morgan fingerprint density at radius 1 is 1.50 bits per heavy atom. The fourth-order valence-corrected chi connectivity index (χ4v) is 1.92. The third-order valence-electron chi connectivity index (χ3n) is 2.43. The zero-order chi connectivity index (χ0) is 11.9. The molecule has 84 valence electrons. The smallest absolute Gasteiger partial charge is 0.235 e. The second kappa shape index (κ2) is 3.86. The molecule has 5 nitrogen and oxygen atoms in total. The lowest BCUT2D eigenvalue weighted by Crippen LogP contribution is -2.26. The highest BCUT2D eigenvalue weighted by Crippen LogP contribution is 2.29. The molecule has 2 rings (SSSR count). The lowest BCUT2D eigenvalue weighted by atomic mass is 10.3. The van der Waals surface area contributed by atoms with Gasteiger partial charge in [0.2, 0.25) is 5.91 Å². The molecule has 0 aromatic carbocycles. The number of pyridine rings is 1. The van der Waals surface area contributed by atoms with E-state index in [0.717, 1.165) is 10.2 Å². The Bertz CT molecular complexity index is 487. The monoisotopic (exact) mass is 283 g/mol. The maximum atomic E-state index is 11.5. The minimum absolute atomic E-state index is 0.0507. The number of anilines is 2. The standard InChI is InChI=1S/C10H10BrN3O2/c1-5-7(11)3-8(10(12)13-5)14-4-6(15)2-9(14)16/h3H,2,4H2,1H3,(H2,12,13). The van der Waals surface area contributed by atoms with Crippen molar-refractivity contribution in [2.24, 2.45) is 0 Å². The average molecular weight is 284 g/mol. The highest BCUT2D eigenvalue weighted by Gasteiger charge is 2.30. The topological polar surface area (TPSA) is 76.3 Å². The second-order valence-corrected chi connectivity index (χ2v) is 4.51. The van der Waals surface area contributed by atoms with E-state index in [1.54, 1.807) is 13.0 Å². The average Bonchev–Trinajstić information content (AvgIpc) is 2.51. The van der Waals surface area contributed by atoms with E-state index in [1.165, 1.54) is 4.90 Å². The van der Waals surface area contributed by atoms with Crippen LogP contribution in [0.25, 0.3) is 0 Å². The Labute approximate surface area is 101 Å². The lowest BCUT2D eigenvalue weighted by Gasteiger charge is -2.17. The van der Waals surface area contributed by atoms with Gasteiger partial charge in [-0.05, 0) is 28.9 Å². The number of nitrogen functional groups attached to an aromatic ring is 1. The molecule has 6 heteroatoms. The largest absolute Gasteiger partial charge is 0.382 e. The van der Waals surface area contributed by atoms with E-state index in [1.807, 2.05) is 0 Å². The van der Waals surface area contributed by atoms with Crippen molar-refractivity contribution >= 4 is 39.1 Å². The first-order valence-corrected chi connectivity index (χ1v) is 5.53. The highest BCUT2D eigenvalue weighted by molar-refractivity contribution is 9.10. The predicted molar refractivity (Wildman–Crippen MR) is 63.1 cm³/mol. The Morgan fingerprint density at radius 2 is 2.19 bits per heavy atom. The highest BCUT2D eigenvalue weighted by atomic mass is 79.9. The number of Topliss-reactive ketones (excluding diaryl/α,β-unsaturated/α-hetero) is 1. The first-order valence-electron chi connectivity index (χ1n) is 4.73. The fraction of sp³-hybridized carbons (Fsp3) is 0.300.